The standard InChI is InChI=1S/C26H35BrO18/c1-10(28)36-8-17-19(38-12(3)30)21(39-13(4)31)23(41-15(6)33)25(43-17)44-20-18(9-37-11(2)29)45-26(27,35)24(42-16(7)34)22(20)40-14(5)32/h17-25,35H,8-9H2,1-7H3/t17-,18-,19+,20+,21+,22+,23-,24-,25-,26-/m1/s1. The predicted molar refractivity (Wildman–Crippen MR) is 143 cm³/mol. The Morgan fingerprint density at radius 1 is 0.578 bits per heavy atom. The number of esters is 7. The summed E-state index contributed by atoms with van der Waals surface area (Å²) in [5.41, 5.74) is 0. The monoisotopic (exact) mass is 714 g/mol. The van der Waals surface area contributed by atoms with Crippen LogP contribution in [0, 0.1) is 0 Å². The van der Waals surface area contributed by atoms with Gasteiger partial charge in [0.2, 0.25) is 6.10 Å². The van der Waals surface area contributed by atoms with Crippen molar-refractivity contribution >= 4 is 57.7 Å². The van der Waals surface area contributed by atoms with Gasteiger partial charge in [0, 0.05) is 48.5 Å². The fourth-order valence-electron chi connectivity index (χ4n) is 4.52. The molecule has 18 nitrogen and oxygen atoms in total. The fourth-order valence-corrected chi connectivity index (χ4v) is 5.11. The molecule has 19 heteroatoms. The summed E-state index contributed by atoms with van der Waals surface area (Å²) >= 11 is 2.89. The number of carbonyl (C=O) groups excluding carboxylic acids is 7. The molecule has 0 aromatic carbocycles. The smallest absolute Gasteiger partial charge is 0.303 e. The fraction of sp³-hybridized carbons (Fsp3) is 0.731. The molecule has 2 fully saturated rings. The maximum absolute atomic E-state index is 12.2. The average Bonchev–Trinajstić information content (AvgIpc) is 2.87. The molecule has 0 aromatic rings. The summed E-state index contributed by atoms with van der Waals surface area (Å²) in [6, 6.07) is 0. The minimum atomic E-state index is -2.52. The molecule has 0 amide bonds. The molecule has 2 heterocycles. The number of halogens is 1. The predicted octanol–water partition coefficient (Wildman–Crippen LogP) is -0.679. The molecule has 45 heavy (non-hydrogen) atoms. The number of rotatable bonds is 11. The van der Waals surface area contributed by atoms with E-state index >= 15 is 0 Å². The molecule has 0 saturated carbocycles. The van der Waals surface area contributed by atoms with Crippen LogP contribution < -0.4 is 0 Å². The van der Waals surface area contributed by atoms with E-state index in [9.17, 15) is 38.7 Å². The Hall–Kier alpha value is -3.39. The zero-order chi connectivity index (χ0) is 34.2. The van der Waals surface area contributed by atoms with Crippen LogP contribution >= 0.6 is 15.9 Å². The van der Waals surface area contributed by atoms with E-state index in [0.29, 0.717) is 0 Å². The lowest BCUT2D eigenvalue weighted by Gasteiger charge is -2.49. The highest BCUT2D eigenvalue weighted by Crippen LogP contribution is 2.40. The van der Waals surface area contributed by atoms with Gasteiger partial charge >= 0.3 is 41.8 Å². The first-order valence-electron chi connectivity index (χ1n) is 13.3. The molecular formula is C26H35BrO18. The Kier molecular flexibility index (Phi) is 13.7. The molecule has 2 saturated heterocycles. The maximum atomic E-state index is 12.2. The molecule has 2 aliphatic heterocycles. The van der Waals surface area contributed by atoms with Gasteiger partial charge < -0.3 is 52.5 Å². The van der Waals surface area contributed by atoms with E-state index in [2.05, 4.69) is 15.9 Å². The van der Waals surface area contributed by atoms with Gasteiger partial charge in [-0.1, -0.05) is 0 Å². The molecule has 0 bridgehead atoms. The maximum Gasteiger partial charge on any atom is 0.303 e. The second kappa shape index (κ2) is 16.3. The van der Waals surface area contributed by atoms with Crippen LogP contribution in [0.4, 0.5) is 0 Å². The molecule has 10 atom stereocenters. The molecule has 0 unspecified atom stereocenters. The SMILES string of the molecule is CC(=O)OC[C@H]1O[C@H](O[C@@H]2[C@H](OC(C)=O)[C@@H](OC(C)=O)[C@](O)(Br)O[C@@H]2COC(C)=O)[C@H](OC(C)=O)[C@@H](OC(C)=O)[C@H]1OC(C)=O. The lowest BCUT2D eigenvalue weighted by Crippen LogP contribution is -2.68. The summed E-state index contributed by atoms with van der Waals surface area (Å²) in [5, 5.41) is 11.0. The van der Waals surface area contributed by atoms with Crippen LogP contribution in [0.2, 0.25) is 0 Å². The Balaban J connectivity index is 2.71. The van der Waals surface area contributed by atoms with Crippen molar-refractivity contribution in [3.63, 3.8) is 0 Å². The van der Waals surface area contributed by atoms with Crippen molar-refractivity contribution in [1.29, 1.82) is 0 Å². The first kappa shape index (κ1) is 37.8. The van der Waals surface area contributed by atoms with Gasteiger partial charge in [-0.05, 0) is 15.9 Å². The number of alkyl halides is 1. The molecule has 254 valence electrons. The van der Waals surface area contributed by atoms with E-state index in [4.69, 9.17) is 47.4 Å². The van der Waals surface area contributed by atoms with E-state index in [1.807, 2.05) is 0 Å². The van der Waals surface area contributed by atoms with Gasteiger partial charge in [-0.2, -0.15) is 0 Å². The number of hydrogen-bond donors (Lipinski definition) is 1. The van der Waals surface area contributed by atoms with Crippen LogP contribution in [0.1, 0.15) is 48.5 Å². The van der Waals surface area contributed by atoms with Gasteiger partial charge in [0.15, 0.2) is 30.7 Å². The van der Waals surface area contributed by atoms with Crippen LogP contribution in [0.25, 0.3) is 0 Å². The summed E-state index contributed by atoms with van der Waals surface area (Å²) < 4.78 is 51.9. The second-order valence-corrected chi connectivity index (χ2v) is 11.0. The zero-order valence-corrected chi connectivity index (χ0v) is 27.0. The van der Waals surface area contributed by atoms with E-state index in [1.165, 1.54) is 0 Å². The quantitative estimate of drug-likeness (QED) is 0.159. The summed E-state index contributed by atoms with van der Waals surface area (Å²) in [6.07, 6.45) is -14.8. The molecule has 0 aromatic heterocycles. The van der Waals surface area contributed by atoms with Gasteiger partial charge in [0.25, 0.3) is 4.70 Å². The summed E-state index contributed by atoms with van der Waals surface area (Å²) in [4.78, 5) is 83.9. The van der Waals surface area contributed by atoms with Crippen LogP contribution in [-0.2, 0) is 80.9 Å². The Bertz CT molecular complexity index is 1140. The van der Waals surface area contributed by atoms with Gasteiger partial charge in [0.1, 0.15) is 31.5 Å². The molecule has 0 aliphatic carbocycles. The number of hydrogen-bond acceptors (Lipinski definition) is 18. The van der Waals surface area contributed by atoms with Crippen molar-refractivity contribution in [1.82, 2.24) is 0 Å². The van der Waals surface area contributed by atoms with Crippen molar-refractivity contribution in [2.75, 3.05) is 13.2 Å². The molecule has 0 spiro atoms. The Morgan fingerprint density at radius 3 is 1.47 bits per heavy atom. The van der Waals surface area contributed by atoms with Gasteiger partial charge in [0.05, 0.1) is 0 Å². The van der Waals surface area contributed by atoms with Gasteiger partial charge in [-0.3, -0.25) is 33.6 Å². The van der Waals surface area contributed by atoms with Crippen molar-refractivity contribution < 1.29 is 86.0 Å². The minimum Gasteiger partial charge on any atom is -0.463 e. The number of carbonyl (C=O) groups is 7. The third kappa shape index (κ3) is 11.2. The van der Waals surface area contributed by atoms with Crippen LogP contribution in [0.15, 0.2) is 0 Å². The molecule has 1 N–H and O–H groups in total. The van der Waals surface area contributed by atoms with Crippen LogP contribution in [0.5, 0.6) is 0 Å². The lowest BCUT2D eigenvalue weighted by molar-refractivity contribution is -0.362. The third-order valence-electron chi connectivity index (χ3n) is 5.94. The topological polar surface area (TPSA) is 232 Å². The first-order chi connectivity index (χ1) is 20.8. The van der Waals surface area contributed by atoms with E-state index in [1.54, 1.807) is 0 Å². The lowest BCUT2D eigenvalue weighted by atomic mass is 9.96. The highest BCUT2D eigenvalue weighted by atomic mass is 79.9. The van der Waals surface area contributed by atoms with Gasteiger partial charge in [-0.25, -0.2) is 0 Å². The van der Waals surface area contributed by atoms with Gasteiger partial charge in [-0.15, -0.1) is 0 Å². The van der Waals surface area contributed by atoms with E-state index < -0.39 is 115 Å². The van der Waals surface area contributed by atoms with Crippen molar-refractivity contribution in [3.05, 3.63) is 0 Å². The van der Waals surface area contributed by atoms with Crippen LogP contribution in [-0.4, -0.2) is 120 Å². The minimum absolute atomic E-state index is 0.583. The highest BCUT2D eigenvalue weighted by Gasteiger charge is 2.60. The number of aliphatic hydroxyl groups is 1. The Morgan fingerprint density at radius 2 is 1.00 bits per heavy atom. The van der Waals surface area contributed by atoms with E-state index in [0.717, 1.165) is 48.5 Å². The van der Waals surface area contributed by atoms with Crippen LogP contribution in [0.3, 0.4) is 0 Å². The van der Waals surface area contributed by atoms with E-state index in [-0.39, 0.29) is 0 Å². The van der Waals surface area contributed by atoms with Crippen molar-refractivity contribution in [2.24, 2.45) is 0 Å². The first-order valence-corrected chi connectivity index (χ1v) is 14.1. The molecule has 0 radical (unpaired) electrons. The normalized spacial score (nSPS) is 32.7. The largest absolute Gasteiger partial charge is 0.463 e. The zero-order valence-electron chi connectivity index (χ0n) is 25.4. The molecule has 2 rings (SSSR count). The van der Waals surface area contributed by atoms with Crippen molar-refractivity contribution in [3.8, 4) is 0 Å². The third-order valence-corrected chi connectivity index (χ3v) is 6.58. The second-order valence-electron chi connectivity index (χ2n) is 9.84. The molecule has 2 aliphatic rings. The Labute approximate surface area is 265 Å². The summed E-state index contributed by atoms with van der Waals surface area (Å²) in [7, 11) is 0. The van der Waals surface area contributed by atoms with Crippen molar-refractivity contribution in [2.45, 2.75) is 108 Å². The highest BCUT2D eigenvalue weighted by molar-refractivity contribution is 9.10. The summed E-state index contributed by atoms with van der Waals surface area (Å²) in [5.74, 6) is -6.14. The average molecular weight is 715 g/mol. The molecular weight excluding hydrogens is 680 g/mol. The number of ether oxygens (including phenoxy) is 10. The summed E-state index contributed by atoms with van der Waals surface area (Å²) in [6.45, 7) is 5.99.